The van der Waals surface area contributed by atoms with Gasteiger partial charge in [0.25, 0.3) is 10.0 Å². The summed E-state index contributed by atoms with van der Waals surface area (Å²) in [6.45, 7) is 5.81. The van der Waals surface area contributed by atoms with Crippen molar-refractivity contribution < 1.29 is 22.7 Å². The first-order chi connectivity index (χ1) is 15.5. The fourth-order valence-electron chi connectivity index (χ4n) is 3.25. The number of carbonyl (C=O) groups excluding carboxylic acids is 1. The van der Waals surface area contributed by atoms with Crippen LogP contribution in [0.15, 0.2) is 56.9 Å². The van der Waals surface area contributed by atoms with Crippen LogP contribution in [0.25, 0.3) is 0 Å². The number of amides is 1. The normalized spacial score (nSPS) is 14.5. The molecule has 0 fully saturated rings. The lowest BCUT2D eigenvalue weighted by Gasteiger charge is -2.22. The van der Waals surface area contributed by atoms with Crippen LogP contribution in [0.1, 0.15) is 38.3 Å². The van der Waals surface area contributed by atoms with Crippen molar-refractivity contribution in [1.29, 1.82) is 0 Å². The Morgan fingerprint density at radius 2 is 1.82 bits per heavy atom. The van der Waals surface area contributed by atoms with Crippen LogP contribution in [-0.2, 0) is 14.8 Å². The maximum absolute atomic E-state index is 12.5. The Balaban J connectivity index is 1.93. The minimum atomic E-state index is -3.83. The first-order valence-corrected chi connectivity index (χ1v) is 11.8. The molecular formula is C23H28N4O5S. The molecule has 0 aliphatic carbocycles. The molecule has 0 aromatic heterocycles. The van der Waals surface area contributed by atoms with E-state index in [0.717, 1.165) is 0 Å². The number of amidine groups is 1. The molecule has 1 aliphatic heterocycles. The van der Waals surface area contributed by atoms with Gasteiger partial charge in [-0.15, -0.1) is 4.40 Å². The highest BCUT2D eigenvalue weighted by Crippen LogP contribution is 2.29. The molecule has 1 heterocycles. The molecule has 33 heavy (non-hydrogen) atoms. The van der Waals surface area contributed by atoms with Crippen LogP contribution in [0.5, 0.6) is 11.5 Å². The maximum Gasteiger partial charge on any atom is 0.285 e. The van der Waals surface area contributed by atoms with E-state index in [4.69, 9.17) is 9.47 Å². The minimum absolute atomic E-state index is 0.0990. The number of hydrazone groups is 1. The highest BCUT2D eigenvalue weighted by Gasteiger charge is 2.32. The summed E-state index contributed by atoms with van der Waals surface area (Å²) in [5.41, 5.74) is 0.760. The van der Waals surface area contributed by atoms with E-state index in [2.05, 4.69) is 14.8 Å². The monoisotopic (exact) mass is 472 g/mol. The molecule has 1 aliphatic rings. The minimum Gasteiger partial charge on any atom is -0.493 e. The van der Waals surface area contributed by atoms with Gasteiger partial charge in [0.05, 0.1) is 27.0 Å². The average Bonchev–Trinajstić information content (AvgIpc) is 3.03. The molecule has 0 radical (unpaired) electrons. The third-order valence-corrected chi connectivity index (χ3v) is 6.00. The van der Waals surface area contributed by atoms with Crippen molar-refractivity contribution in [2.24, 2.45) is 9.50 Å². The van der Waals surface area contributed by atoms with Crippen molar-refractivity contribution in [1.82, 2.24) is 10.3 Å². The average molecular weight is 473 g/mol. The smallest absolute Gasteiger partial charge is 0.285 e. The van der Waals surface area contributed by atoms with Crippen LogP contribution in [0, 0.1) is 0 Å². The van der Waals surface area contributed by atoms with E-state index in [1.807, 2.05) is 20.8 Å². The third-order valence-electron chi connectivity index (χ3n) is 4.68. The highest BCUT2D eigenvalue weighted by molar-refractivity contribution is 7.90. The molecule has 9 nitrogen and oxygen atoms in total. The molecule has 3 rings (SSSR count). The first-order valence-electron chi connectivity index (χ1n) is 10.3. The number of ether oxygens (including phenoxy) is 2. The van der Waals surface area contributed by atoms with Crippen molar-refractivity contribution in [3.8, 4) is 11.5 Å². The van der Waals surface area contributed by atoms with E-state index in [1.165, 1.54) is 18.2 Å². The van der Waals surface area contributed by atoms with Crippen molar-refractivity contribution in [2.75, 3.05) is 20.8 Å². The molecule has 176 valence electrons. The summed E-state index contributed by atoms with van der Waals surface area (Å²) in [5.74, 6) is 1.10. The number of carbonyl (C=O) groups is 1. The number of rotatable bonds is 7. The van der Waals surface area contributed by atoms with Crippen molar-refractivity contribution in [3.63, 3.8) is 0 Å². The van der Waals surface area contributed by atoms with Gasteiger partial charge < -0.3 is 14.8 Å². The van der Waals surface area contributed by atoms with Crippen molar-refractivity contribution >= 4 is 28.0 Å². The summed E-state index contributed by atoms with van der Waals surface area (Å²) in [6.07, 6.45) is 1.65. The molecule has 2 aromatic rings. The zero-order valence-electron chi connectivity index (χ0n) is 19.3. The van der Waals surface area contributed by atoms with Gasteiger partial charge in [-0.25, -0.2) is 5.01 Å². The SMILES string of the molecule is COc1ccc(/C=N/N(CCC(=O)NC(C)(C)C)C2=NS(=O)(=O)c3ccccc32)cc1OC. The number of fused-ring (bicyclic) bond motifs is 1. The fourth-order valence-corrected chi connectivity index (χ4v) is 4.46. The summed E-state index contributed by atoms with van der Waals surface area (Å²) in [5, 5.41) is 8.81. The predicted octanol–water partition coefficient (Wildman–Crippen LogP) is 2.79. The lowest BCUT2D eigenvalue weighted by Crippen LogP contribution is -2.42. The van der Waals surface area contributed by atoms with Crippen LogP contribution < -0.4 is 14.8 Å². The lowest BCUT2D eigenvalue weighted by atomic mass is 10.1. The van der Waals surface area contributed by atoms with Gasteiger partial charge in [0.15, 0.2) is 17.3 Å². The van der Waals surface area contributed by atoms with E-state index >= 15 is 0 Å². The quantitative estimate of drug-likeness (QED) is 0.490. The van der Waals surface area contributed by atoms with Crippen LogP contribution in [0.2, 0.25) is 0 Å². The summed E-state index contributed by atoms with van der Waals surface area (Å²) < 4.78 is 39.6. The van der Waals surface area contributed by atoms with Crippen LogP contribution >= 0.6 is 0 Å². The Kier molecular flexibility index (Phi) is 7.06. The van der Waals surface area contributed by atoms with Gasteiger partial charge in [-0.1, -0.05) is 12.1 Å². The molecule has 1 amide bonds. The molecule has 10 heteroatoms. The van der Waals surface area contributed by atoms with E-state index in [0.29, 0.717) is 22.6 Å². The third kappa shape index (κ3) is 5.89. The lowest BCUT2D eigenvalue weighted by molar-refractivity contribution is -0.122. The molecule has 2 aromatic carbocycles. The van der Waals surface area contributed by atoms with E-state index in [1.54, 1.807) is 49.7 Å². The number of methoxy groups -OCH3 is 2. The Labute approximate surface area is 194 Å². The second-order valence-electron chi connectivity index (χ2n) is 8.42. The van der Waals surface area contributed by atoms with Crippen molar-refractivity contribution in [2.45, 2.75) is 37.6 Å². The van der Waals surface area contributed by atoms with Gasteiger partial charge in [-0.3, -0.25) is 4.79 Å². The zero-order chi connectivity index (χ0) is 24.2. The second kappa shape index (κ2) is 9.62. The first kappa shape index (κ1) is 24.2. The molecule has 1 N–H and O–H groups in total. The standard InChI is InChI=1S/C23H28N4O5S/c1-23(2,3)25-21(28)12-13-27(22-17-8-6-7-9-20(17)33(29,30)26-22)24-15-16-10-11-18(31-4)19(14-16)32-5/h6-11,14-15H,12-13H2,1-5H3,(H,25,28)/b24-15+. The van der Waals surface area contributed by atoms with E-state index in [9.17, 15) is 13.2 Å². The van der Waals surface area contributed by atoms with Crippen LogP contribution in [-0.4, -0.2) is 57.7 Å². The molecule has 0 unspecified atom stereocenters. The van der Waals surface area contributed by atoms with Gasteiger partial charge in [0.1, 0.15) is 4.90 Å². The van der Waals surface area contributed by atoms with Crippen LogP contribution in [0.4, 0.5) is 0 Å². The van der Waals surface area contributed by atoms with Gasteiger partial charge in [0, 0.05) is 17.5 Å². The summed E-state index contributed by atoms with van der Waals surface area (Å²) >= 11 is 0. The molecule has 0 spiro atoms. The zero-order valence-corrected chi connectivity index (χ0v) is 20.1. The summed E-state index contributed by atoms with van der Waals surface area (Å²) in [7, 11) is -0.751. The number of benzene rings is 2. The molecule has 0 atom stereocenters. The van der Waals surface area contributed by atoms with Gasteiger partial charge in [-0.2, -0.15) is 13.5 Å². The molecule has 0 saturated heterocycles. The Morgan fingerprint density at radius 1 is 1.12 bits per heavy atom. The molecule has 0 bridgehead atoms. The predicted molar refractivity (Wildman–Crippen MR) is 127 cm³/mol. The number of hydrogen-bond donors (Lipinski definition) is 1. The number of nitrogens with one attached hydrogen (secondary N) is 1. The summed E-state index contributed by atoms with van der Waals surface area (Å²) in [6, 6.07) is 11.8. The van der Waals surface area contributed by atoms with Gasteiger partial charge in [0.2, 0.25) is 5.91 Å². The maximum atomic E-state index is 12.5. The Bertz CT molecular complexity index is 1200. The Hall–Kier alpha value is -3.40. The fraction of sp³-hybridized carbons (Fsp3) is 0.348. The van der Waals surface area contributed by atoms with Crippen LogP contribution in [0.3, 0.4) is 0 Å². The largest absolute Gasteiger partial charge is 0.493 e. The topological polar surface area (TPSA) is 110 Å². The highest BCUT2D eigenvalue weighted by atomic mass is 32.2. The van der Waals surface area contributed by atoms with E-state index < -0.39 is 10.0 Å². The number of nitrogens with zero attached hydrogens (tertiary/aromatic N) is 3. The van der Waals surface area contributed by atoms with Crippen molar-refractivity contribution in [3.05, 3.63) is 53.6 Å². The summed E-state index contributed by atoms with van der Waals surface area (Å²) in [4.78, 5) is 12.5. The second-order valence-corrected chi connectivity index (χ2v) is 9.99. The van der Waals surface area contributed by atoms with Gasteiger partial charge in [-0.05, 0) is 56.7 Å². The number of hydrogen-bond acceptors (Lipinski definition) is 7. The Morgan fingerprint density at radius 3 is 2.48 bits per heavy atom. The molecule has 0 saturated carbocycles. The molecular weight excluding hydrogens is 444 g/mol. The van der Waals surface area contributed by atoms with Gasteiger partial charge >= 0.3 is 0 Å². The van der Waals surface area contributed by atoms with E-state index in [-0.39, 0.29) is 35.1 Å². The number of sulfonamides is 1.